The normalized spacial score (nSPS) is 10.9. The van der Waals surface area contributed by atoms with Gasteiger partial charge in [0.15, 0.2) is 0 Å². The molecule has 3 aromatic rings. The minimum atomic E-state index is 0.389. The van der Waals surface area contributed by atoms with Gasteiger partial charge in [-0.15, -0.1) is 10.2 Å². The molecule has 3 rings (SSSR count). The summed E-state index contributed by atoms with van der Waals surface area (Å²) in [4.78, 5) is 0. The number of nitrogens with zero attached hydrogens (tertiary/aromatic N) is 2. The van der Waals surface area contributed by atoms with Crippen LogP contribution in [0.1, 0.15) is 5.56 Å². The number of aromatic nitrogens is 2. The van der Waals surface area contributed by atoms with Gasteiger partial charge >= 0.3 is 0 Å². The third kappa shape index (κ3) is 3.84. The van der Waals surface area contributed by atoms with Crippen LogP contribution < -0.4 is 0 Å². The average molecular weight is 416 g/mol. The van der Waals surface area contributed by atoms with Crippen LogP contribution in [-0.4, -0.2) is 10.2 Å². The van der Waals surface area contributed by atoms with E-state index in [1.165, 1.54) is 17.3 Å². The first kappa shape index (κ1) is 15.9. The molecule has 0 unspecified atom stereocenters. The predicted molar refractivity (Wildman–Crippen MR) is 93.5 cm³/mol. The summed E-state index contributed by atoms with van der Waals surface area (Å²) in [6.07, 6.45) is 0. The van der Waals surface area contributed by atoms with Gasteiger partial charge in [-0.2, -0.15) is 0 Å². The molecule has 112 valence electrons. The van der Waals surface area contributed by atoms with Crippen molar-refractivity contribution in [3.8, 4) is 11.5 Å². The highest BCUT2D eigenvalue weighted by molar-refractivity contribution is 9.10. The smallest absolute Gasteiger partial charge is 0.277 e. The summed E-state index contributed by atoms with van der Waals surface area (Å²) in [6.45, 7) is 0. The number of halogens is 3. The molecule has 0 radical (unpaired) electrons. The average Bonchev–Trinajstić information content (AvgIpc) is 2.95. The van der Waals surface area contributed by atoms with Gasteiger partial charge < -0.3 is 4.42 Å². The van der Waals surface area contributed by atoms with E-state index in [9.17, 15) is 0 Å². The highest BCUT2D eigenvalue weighted by Gasteiger charge is 2.12. The van der Waals surface area contributed by atoms with Crippen molar-refractivity contribution in [3.05, 3.63) is 62.5 Å². The van der Waals surface area contributed by atoms with Crippen LogP contribution in [0.5, 0.6) is 0 Å². The fourth-order valence-electron chi connectivity index (χ4n) is 1.77. The molecular weight excluding hydrogens is 407 g/mol. The van der Waals surface area contributed by atoms with Crippen LogP contribution in [0.2, 0.25) is 10.0 Å². The molecule has 0 bridgehead atoms. The van der Waals surface area contributed by atoms with Gasteiger partial charge in [-0.05, 0) is 35.9 Å². The molecule has 0 saturated carbocycles. The van der Waals surface area contributed by atoms with Gasteiger partial charge in [-0.25, -0.2) is 0 Å². The third-order valence-corrected chi connectivity index (χ3v) is 4.81. The Morgan fingerprint density at radius 3 is 2.55 bits per heavy atom. The highest BCUT2D eigenvalue weighted by Crippen LogP contribution is 2.31. The molecule has 0 aliphatic rings. The number of hydrogen-bond acceptors (Lipinski definition) is 4. The number of thioether (sulfide) groups is 1. The summed E-state index contributed by atoms with van der Waals surface area (Å²) in [5, 5.41) is 9.62. The van der Waals surface area contributed by atoms with Crippen molar-refractivity contribution in [2.45, 2.75) is 11.0 Å². The van der Waals surface area contributed by atoms with Crippen molar-refractivity contribution in [2.24, 2.45) is 0 Å². The van der Waals surface area contributed by atoms with Gasteiger partial charge in [0.25, 0.3) is 5.22 Å². The van der Waals surface area contributed by atoms with Crippen LogP contribution in [0.15, 0.2) is 56.6 Å². The standard InChI is InChI=1S/C15H9BrCl2N2OS/c16-10-3-1-9(2-4-10)8-22-15-20-19-14(21-15)12-6-5-11(17)7-13(12)18/h1-7H,8H2. The Hall–Kier alpha value is -1.01. The van der Waals surface area contributed by atoms with Crippen LogP contribution in [-0.2, 0) is 5.75 Å². The van der Waals surface area contributed by atoms with E-state index in [2.05, 4.69) is 26.1 Å². The maximum atomic E-state index is 6.14. The van der Waals surface area contributed by atoms with Crippen LogP contribution >= 0.6 is 50.9 Å². The molecule has 3 nitrogen and oxygen atoms in total. The number of hydrogen-bond donors (Lipinski definition) is 0. The lowest BCUT2D eigenvalue weighted by molar-refractivity contribution is 0.466. The van der Waals surface area contributed by atoms with E-state index in [1.54, 1.807) is 18.2 Å². The Bertz CT molecular complexity index is 792. The zero-order chi connectivity index (χ0) is 15.5. The lowest BCUT2D eigenvalue weighted by atomic mass is 10.2. The number of benzene rings is 2. The molecule has 0 saturated heterocycles. The molecule has 0 aliphatic carbocycles. The van der Waals surface area contributed by atoms with Crippen molar-refractivity contribution in [2.75, 3.05) is 0 Å². The van der Waals surface area contributed by atoms with E-state index in [0.29, 0.717) is 26.7 Å². The van der Waals surface area contributed by atoms with E-state index in [0.717, 1.165) is 10.2 Å². The molecule has 0 N–H and O–H groups in total. The fourth-order valence-corrected chi connectivity index (χ4v) is 3.24. The van der Waals surface area contributed by atoms with Crippen molar-refractivity contribution >= 4 is 50.9 Å². The van der Waals surface area contributed by atoms with E-state index in [-0.39, 0.29) is 0 Å². The van der Waals surface area contributed by atoms with Gasteiger partial charge in [-0.3, -0.25) is 0 Å². The monoisotopic (exact) mass is 414 g/mol. The molecule has 0 aliphatic heterocycles. The third-order valence-electron chi connectivity index (χ3n) is 2.84. The fraction of sp³-hybridized carbons (Fsp3) is 0.0667. The summed E-state index contributed by atoms with van der Waals surface area (Å²) >= 11 is 16.9. The Kier molecular flexibility index (Phi) is 5.08. The summed E-state index contributed by atoms with van der Waals surface area (Å²) in [6, 6.07) is 13.3. The molecule has 22 heavy (non-hydrogen) atoms. The van der Waals surface area contributed by atoms with Crippen molar-refractivity contribution in [1.82, 2.24) is 10.2 Å². The van der Waals surface area contributed by atoms with Crippen molar-refractivity contribution in [3.63, 3.8) is 0 Å². The van der Waals surface area contributed by atoms with E-state index in [4.69, 9.17) is 27.6 Å². The predicted octanol–water partition coefficient (Wildman–Crippen LogP) is 6.10. The van der Waals surface area contributed by atoms with Gasteiger partial charge in [-0.1, -0.05) is 63.0 Å². The molecule has 1 heterocycles. The summed E-state index contributed by atoms with van der Waals surface area (Å²) in [5.41, 5.74) is 1.85. The first-order valence-electron chi connectivity index (χ1n) is 6.28. The highest BCUT2D eigenvalue weighted by atomic mass is 79.9. The lowest BCUT2D eigenvalue weighted by Crippen LogP contribution is -1.80. The van der Waals surface area contributed by atoms with Gasteiger partial charge in [0.1, 0.15) is 0 Å². The van der Waals surface area contributed by atoms with E-state index >= 15 is 0 Å². The second kappa shape index (κ2) is 7.04. The molecule has 7 heteroatoms. The van der Waals surface area contributed by atoms with Crippen LogP contribution in [0.25, 0.3) is 11.5 Å². The molecule has 2 aromatic carbocycles. The summed E-state index contributed by atoms with van der Waals surface area (Å²) in [5.74, 6) is 1.14. The maximum absolute atomic E-state index is 6.14. The Morgan fingerprint density at radius 2 is 1.82 bits per heavy atom. The molecule has 0 atom stereocenters. The first-order valence-corrected chi connectivity index (χ1v) is 8.81. The van der Waals surface area contributed by atoms with Crippen LogP contribution in [0.4, 0.5) is 0 Å². The lowest BCUT2D eigenvalue weighted by Gasteiger charge is -1.99. The van der Waals surface area contributed by atoms with E-state index < -0.39 is 0 Å². The second-order valence-corrected chi connectivity index (χ2v) is 7.10. The number of rotatable bonds is 4. The Labute approximate surface area is 150 Å². The summed E-state index contributed by atoms with van der Waals surface area (Å²) < 4.78 is 6.69. The topological polar surface area (TPSA) is 38.9 Å². The van der Waals surface area contributed by atoms with Gasteiger partial charge in [0, 0.05) is 15.2 Å². The minimum absolute atomic E-state index is 0.389. The SMILES string of the molecule is Clc1ccc(-c2nnc(SCc3ccc(Br)cc3)o2)c(Cl)c1. The van der Waals surface area contributed by atoms with Crippen molar-refractivity contribution in [1.29, 1.82) is 0 Å². The molecule has 0 spiro atoms. The van der Waals surface area contributed by atoms with Crippen LogP contribution in [0.3, 0.4) is 0 Å². The van der Waals surface area contributed by atoms with Gasteiger partial charge in [0.05, 0.1) is 10.6 Å². The molecule has 1 aromatic heterocycles. The van der Waals surface area contributed by atoms with Crippen LogP contribution in [0, 0.1) is 0 Å². The zero-order valence-electron chi connectivity index (χ0n) is 11.1. The molecular formula is C15H9BrCl2N2OS. The quantitative estimate of drug-likeness (QED) is 0.482. The van der Waals surface area contributed by atoms with Gasteiger partial charge in [0.2, 0.25) is 5.89 Å². The summed E-state index contributed by atoms with van der Waals surface area (Å²) in [7, 11) is 0. The Balaban J connectivity index is 1.72. The second-order valence-electron chi connectivity index (χ2n) is 4.41. The largest absolute Gasteiger partial charge is 0.411 e. The Morgan fingerprint density at radius 1 is 1.05 bits per heavy atom. The zero-order valence-corrected chi connectivity index (χ0v) is 15.0. The first-order chi connectivity index (χ1) is 10.6. The molecule has 0 fully saturated rings. The van der Waals surface area contributed by atoms with Crippen molar-refractivity contribution < 1.29 is 4.42 Å². The van der Waals surface area contributed by atoms with E-state index in [1.807, 2.05) is 24.3 Å². The molecule has 0 amide bonds. The minimum Gasteiger partial charge on any atom is -0.411 e. The maximum Gasteiger partial charge on any atom is 0.277 e.